The number of urea groups is 1. The molecule has 3 rings (SSSR count). The Kier molecular flexibility index (Phi) is 5.36. The Morgan fingerprint density at radius 1 is 1.11 bits per heavy atom. The molecule has 0 bridgehead atoms. The molecule has 4 N–H and O–H groups in total. The number of amides is 4. The maximum Gasteiger partial charge on any atom is 0.319 e. The lowest BCUT2D eigenvalue weighted by Gasteiger charge is -2.18. The van der Waals surface area contributed by atoms with Crippen LogP contribution in [0.15, 0.2) is 55.1 Å². The van der Waals surface area contributed by atoms with Crippen molar-refractivity contribution in [3.8, 4) is 5.75 Å². The molecule has 0 spiro atoms. The molecule has 138 valence electrons. The zero-order valence-corrected chi connectivity index (χ0v) is 14.4. The van der Waals surface area contributed by atoms with E-state index in [2.05, 4.69) is 27.8 Å². The van der Waals surface area contributed by atoms with Gasteiger partial charge >= 0.3 is 6.03 Å². The minimum Gasteiger partial charge on any atom is -0.482 e. The minimum absolute atomic E-state index is 0.0372. The van der Waals surface area contributed by atoms with Gasteiger partial charge in [-0.1, -0.05) is 6.08 Å². The fourth-order valence-corrected chi connectivity index (χ4v) is 2.40. The number of benzene rings is 2. The molecule has 2 aromatic rings. The monoisotopic (exact) mass is 366 g/mol. The Hall–Kier alpha value is -3.81. The second-order valence-electron chi connectivity index (χ2n) is 5.70. The first-order valence-electron chi connectivity index (χ1n) is 8.19. The van der Waals surface area contributed by atoms with E-state index in [0.717, 1.165) is 0 Å². The van der Waals surface area contributed by atoms with E-state index in [1.165, 1.54) is 0 Å². The summed E-state index contributed by atoms with van der Waals surface area (Å²) in [5, 5.41) is 10.7. The van der Waals surface area contributed by atoms with Crippen molar-refractivity contribution >= 4 is 34.9 Å². The molecule has 0 aliphatic carbocycles. The summed E-state index contributed by atoms with van der Waals surface area (Å²) in [6.45, 7) is 3.85. The summed E-state index contributed by atoms with van der Waals surface area (Å²) < 4.78 is 5.27. The summed E-state index contributed by atoms with van der Waals surface area (Å²) in [4.78, 5) is 35.4. The highest BCUT2D eigenvalue weighted by molar-refractivity contribution is 6.06. The van der Waals surface area contributed by atoms with Gasteiger partial charge in [-0.15, -0.1) is 6.58 Å². The maximum atomic E-state index is 12.4. The Labute approximate surface area is 155 Å². The number of carbonyl (C=O) groups is 3. The van der Waals surface area contributed by atoms with Gasteiger partial charge in [0.05, 0.1) is 5.69 Å². The molecule has 2 aromatic carbocycles. The van der Waals surface area contributed by atoms with Crippen molar-refractivity contribution in [3.05, 3.63) is 60.7 Å². The van der Waals surface area contributed by atoms with Crippen molar-refractivity contribution in [2.24, 2.45) is 0 Å². The summed E-state index contributed by atoms with van der Waals surface area (Å²) in [6.07, 6.45) is 1.58. The summed E-state index contributed by atoms with van der Waals surface area (Å²) in [7, 11) is 0. The van der Waals surface area contributed by atoms with Crippen LogP contribution in [0.4, 0.5) is 21.9 Å². The number of carbonyl (C=O) groups excluding carboxylic acids is 3. The normalized spacial score (nSPS) is 12.1. The van der Waals surface area contributed by atoms with Gasteiger partial charge < -0.3 is 26.0 Å². The van der Waals surface area contributed by atoms with Gasteiger partial charge in [-0.2, -0.15) is 0 Å². The van der Waals surface area contributed by atoms with Crippen molar-refractivity contribution in [1.82, 2.24) is 5.32 Å². The highest BCUT2D eigenvalue weighted by Gasteiger charge is 2.17. The molecule has 27 heavy (non-hydrogen) atoms. The first-order chi connectivity index (χ1) is 13.0. The molecule has 0 aromatic heterocycles. The summed E-state index contributed by atoms with van der Waals surface area (Å²) in [5.74, 6) is -0.0707. The molecule has 8 heteroatoms. The predicted octanol–water partition coefficient (Wildman–Crippen LogP) is 2.58. The van der Waals surface area contributed by atoms with E-state index in [9.17, 15) is 14.4 Å². The van der Waals surface area contributed by atoms with E-state index >= 15 is 0 Å². The fraction of sp³-hybridized carbons (Fsp3) is 0.105. The van der Waals surface area contributed by atoms with Gasteiger partial charge in [-0.25, -0.2) is 4.79 Å². The molecule has 0 fully saturated rings. The van der Waals surface area contributed by atoms with Gasteiger partial charge in [0, 0.05) is 23.5 Å². The van der Waals surface area contributed by atoms with Crippen molar-refractivity contribution < 1.29 is 19.1 Å². The highest BCUT2D eigenvalue weighted by Crippen LogP contribution is 2.28. The van der Waals surface area contributed by atoms with Crippen LogP contribution in [0.1, 0.15) is 10.4 Å². The SMILES string of the molecule is C=CCNC(=O)Nc1ccc(NC(=O)c2ccc3c(c2)NC(=O)CO3)cc1. The van der Waals surface area contributed by atoms with Crippen LogP contribution in [0.25, 0.3) is 0 Å². The Morgan fingerprint density at radius 3 is 2.52 bits per heavy atom. The average Bonchev–Trinajstić information content (AvgIpc) is 2.67. The minimum atomic E-state index is -0.343. The molecule has 0 saturated carbocycles. The van der Waals surface area contributed by atoms with Gasteiger partial charge in [0.2, 0.25) is 0 Å². The van der Waals surface area contributed by atoms with Crippen LogP contribution in [0, 0.1) is 0 Å². The zero-order chi connectivity index (χ0) is 19.2. The van der Waals surface area contributed by atoms with Gasteiger partial charge in [0.15, 0.2) is 6.61 Å². The predicted molar refractivity (Wildman–Crippen MR) is 102 cm³/mol. The first-order valence-corrected chi connectivity index (χ1v) is 8.19. The molecular weight excluding hydrogens is 348 g/mol. The summed E-state index contributed by atoms with van der Waals surface area (Å²) in [6, 6.07) is 11.2. The quantitative estimate of drug-likeness (QED) is 0.610. The van der Waals surface area contributed by atoms with Gasteiger partial charge in [0.25, 0.3) is 11.8 Å². The molecule has 0 unspecified atom stereocenters. The van der Waals surface area contributed by atoms with E-state index in [4.69, 9.17) is 4.74 Å². The maximum absolute atomic E-state index is 12.4. The van der Waals surface area contributed by atoms with Crippen molar-refractivity contribution in [3.63, 3.8) is 0 Å². The largest absolute Gasteiger partial charge is 0.482 e. The number of hydrogen-bond acceptors (Lipinski definition) is 4. The van der Waals surface area contributed by atoms with Crippen molar-refractivity contribution in [2.45, 2.75) is 0 Å². The van der Waals surface area contributed by atoms with E-state index < -0.39 is 0 Å². The molecule has 0 atom stereocenters. The van der Waals surface area contributed by atoms with Crippen LogP contribution < -0.4 is 26.0 Å². The van der Waals surface area contributed by atoms with E-state index in [0.29, 0.717) is 34.9 Å². The fourth-order valence-electron chi connectivity index (χ4n) is 2.40. The van der Waals surface area contributed by atoms with E-state index in [-0.39, 0.29) is 24.5 Å². The molecule has 1 aliphatic rings. The summed E-state index contributed by atoms with van der Waals surface area (Å²) in [5.41, 5.74) is 1.99. The third kappa shape index (κ3) is 4.63. The van der Waals surface area contributed by atoms with E-state index in [1.807, 2.05) is 0 Å². The third-order valence-electron chi connectivity index (χ3n) is 3.68. The number of fused-ring (bicyclic) bond motifs is 1. The Bertz CT molecular complexity index is 893. The molecule has 4 amide bonds. The number of nitrogens with one attached hydrogen (secondary N) is 4. The van der Waals surface area contributed by atoms with Gasteiger partial charge in [-0.05, 0) is 42.5 Å². The number of rotatable bonds is 5. The van der Waals surface area contributed by atoms with Crippen LogP contribution in [-0.4, -0.2) is 31.0 Å². The lowest BCUT2D eigenvalue weighted by Crippen LogP contribution is -2.28. The van der Waals surface area contributed by atoms with Crippen LogP contribution >= 0.6 is 0 Å². The Morgan fingerprint density at radius 2 is 1.81 bits per heavy atom. The topological polar surface area (TPSA) is 109 Å². The number of ether oxygens (including phenoxy) is 1. The first kappa shape index (κ1) is 18.0. The lowest BCUT2D eigenvalue weighted by molar-refractivity contribution is -0.118. The number of anilines is 3. The summed E-state index contributed by atoms with van der Waals surface area (Å²) >= 11 is 0. The van der Waals surface area contributed by atoms with Gasteiger partial charge in [-0.3, -0.25) is 9.59 Å². The number of hydrogen-bond donors (Lipinski definition) is 4. The second kappa shape index (κ2) is 8.05. The van der Waals surface area contributed by atoms with Crippen LogP contribution in [0.2, 0.25) is 0 Å². The van der Waals surface area contributed by atoms with Crippen molar-refractivity contribution in [2.75, 3.05) is 29.1 Å². The molecule has 1 aliphatic heterocycles. The van der Waals surface area contributed by atoms with Crippen LogP contribution in [0.3, 0.4) is 0 Å². The molecule has 0 saturated heterocycles. The zero-order valence-electron chi connectivity index (χ0n) is 14.4. The molecule has 0 radical (unpaired) electrons. The second-order valence-corrected chi connectivity index (χ2v) is 5.70. The van der Waals surface area contributed by atoms with Crippen LogP contribution in [0.5, 0.6) is 5.75 Å². The van der Waals surface area contributed by atoms with Gasteiger partial charge in [0.1, 0.15) is 5.75 Å². The Balaban J connectivity index is 1.62. The lowest BCUT2D eigenvalue weighted by atomic mass is 10.1. The smallest absolute Gasteiger partial charge is 0.319 e. The third-order valence-corrected chi connectivity index (χ3v) is 3.68. The van der Waals surface area contributed by atoms with E-state index in [1.54, 1.807) is 48.5 Å². The standard InChI is InChI=1S/C19H18N4O4/c1-2-9-20-19(26)22-14-6-4-13(5-7-14)21-18(25)12-3-8-16-15(10-12)23-17(24)11-27-16/h2-8,10H,1,9,11H2,(H,21,25)(H,23,24)(H2,20,22,26). The molecule has 1 heterocycles. The molecular formula is C19H18N4O4. The van der Waals surface area contributed by atoms with Crippen LogP contribution in [-0.2, 0) is 4.79 Å². The average molecular weight is 366 g/mol. The van der Waals surface area contributed by atoms with Crippen molar-refractivity contribution in [1.29, 1.82) is 0 Å². The molecule has 8 nitrogen and oxygen atoms in total. The highest BCUT2D eigenvalue weighted by atomic mass is 16.5.